The Morgan fingerprint density at radius 1 is 1.00 bits per heavy atom. The molecule has 0 radical (unpaired) electrons. The van der Waals surface area contributed by atoms with Gasteiger partial charge in [0.2, 0.25) is 34.9 Å². The minimum absolute atomic E-state index is 0.0124. The number of nitrogens with two attached hydrogens (primary N) is 1. The van der Waals surface area contributed by atoms with Crippen LogP contribution in [0.15, 0.2) is 30.3 Å². The number of carbonyl (C=O) groups excluding carboxylic acids is 3. The number of nitrogens with zero attached hydrogens (tertiary/aromatic N) is 3. The Balaban J connectivity index is 1.89. The molecule has 2 aromatic rings. The summed E-state index contributed by atoms with van der Waals surface area (Å²) in [5.74, 6) is -1.73. The van der Waals surface area contributed by atoms with Crippen LogP contribution in [0.25, 0.3) is 0 Å². The molecule has 34 heavy (non-hydrogen) atoms. The van der Waals surface area contributed by atoms with E-state index in [9.17, 15) is 19.5 Å². The average molecular weight is 491 g/mol. The molecular weight excluding hydrogens is 464 g/mol. The molecule has 2 bridgehead atoms. The number of fused-ring (bicyclic) bond motifs is 2. The molecule has 0 aliphatic carbocycles. The zero-order valence-corrected chi connectivity index (χ0v) is 19.1. The Hall–Kier alpha value is -3.51. The Labute approximate surface area is 201 Å². The summed E-state index contributed by atoms with van der Waals surface area (Å²) in [6.07, 6.45) is 1.69. The predicted molar refractivity (Wildman–Crippen MR) is 125 cm³/mol. The maximum Gasteiger partial charge on any atom is 0.245 e. The maximum absolute atomic E-state index is 13.1. The van der Waals surface area contributed by atoms with E-state index in [-0.39, 0.29) is 23.6 Å². The summed E-state index contributed by atoms with van der Waals surface area (Å²) in [7, 11) is 0. The molecule has 3 atom stereocenters. The summed E-state index contributed by atoms with van der Waals surface area (Å²) in [4.78, 5) is 50.1. The molecular formula is C21H27ClN8O4. The van der Waals surface area contributed by atoms with E-state index in [1.54, 1.807) is 0 Å². The number of halogens is 1. The Bertz CT molecular complexity index is 1010. The van der Waals surface area contributed by atoms with E-state index >= 15 is 0 Å². The van der Waals surface area contributed by atoms with Gasteiger partial charge < -0.3 is 32.1 Å². The molecule has 0 unspecified atom stereocenters. The van der Waals surface area contributed by atoms with Crippen molar-refractivity contribution in [2.24, 2.45) is 5.73 Å². The van der Waals surface area contributed by atoms with Crippen LogP contribution in [0.4, 0.5) is 11.9 Å². The number of amides is 3. The fourth-order valence-electron chi connectivity index (χ4n) is 3.41. The SMILES string of the molecule is NC(=O)[C@H]1CCCCNc2nc(Cl)nc(n2)N[C@@H](CO)C(=O)N[C@@H](Cc2ccccc2)C(=O)N1. The van der Waals surface area contributed by atoms with Gasteiger partial charge in [-0.05, 0) is 36.4 Å². The van der Waals surface area contributed by atoms with Gasteiger partial charge in [0.15, 0.2) is 0 Å². The summed E-state index contributed by atoms with van der Waals surface area (Å²) >= 11 is 5.97. The van der Waals surface area contributed by atoms with Crippen LogP contribution in [0, 0.1) is 0 Å². The number of aliphatic hydroxyl groups is 1. The standard InChI is InChI=1S/C21H27ClN8O4/c22-19-28-20-24-9-5-4-8-13(16(23)32)25-17(33)14(10-12-6-2-1-3-7-12)26-18(34)15(11-31)27-21(29-19)30-20/h1-3,6-7,13-15,31H,4-5,8-11H2,(H2,23,32)(H,25,33)(H,26,34)(H2,24,27,28,29,30)/t13-,14+,15+/m1/s1. The lowest BCUT2D eigenvalue weighted by atomic mass is 10.0. The fraction of sp³-hybridized carbons (Fsp3) is 0.429. The van der Waals surface area contributed by atoms with Gasteiger partial charge in [0.05, 0.1) is 6.61 Å². The van der Waals surface area contributed by atoms with Crippen LogP contribution in [0.2, 0.25) is 5.28 Å². The monoisotopic (exact) mass is 490 g/mol. The smallest absolute Gasteiger partial charge is 0.245 e. The molecule has 1 aromatic heterocycles. The molecule has 1 aromatic carbocycles. The van der Waals surface area contributed by atoms with Crippen molar-refractivity contribution < 1.29 is 19.5 Å². The molecule has 7 N–H and O–H groups in total. The lowest BCUT2D eigenvalue weighted by Gasteiger charge is -2.24. The van der Waals surface area contributed by atoms with Crippen LogP contribution < -0.4 is 27.0 Å². The highest BCUT2D eigenvalue weighted by Gasteiger charge is 2.29. The second-order valence-corrected chi connectivity index (χ2v) is 8.11. The Morgan fingerprint density at radius 2 is 1.71 bits per heavy atom. The number of hydrogen-bond donors (Lipinski definition) is 6. The number of benzene rings is 1. The van der Waals surface area contributed by atoms with Crippen LogP contribution in [-0.2, 0) is 20.8 Å². The molecule has 1 aliphatic heterocycles. The number of aliphatic hydroxyl groups excluding tert-OH is 1. The zero-order chi connectivity index (χ0) is 24.5. The molecule has 0 fully saturated rings. The van der Waals surface area contributed by atoms with Gasteiger partial charge in [0.1, 0.15) is 18.1 Å². The highest BCUT2D eigenvalue weighted by Crippen LogP contribution is 2.12. The van der Waals surface area contributed by atoms with E-state index in [1.165, 1.54) is 0 Å². The predicted octanol–water partition coefficient (Wildman–Crippen LogP) is -0.409. The largest absolute Gasteiger partial charge is 0.394 e. The number of hydrogen-bond acceptors (Lipinski definition) is 9. The molecule has 12 nitrogen and oxygen atoms in total. The van der Waals surface area contributed by atoms with Crippen molar-refractivity contribution in [1.82, 2.24) is 25.6 Å². The van der Waals surface area contributed by atoms with Crippen molar-refractivity contribution in [1.29, 1.82) is 0 Å². The fourth-order valence-corrected chi connectivity index (χ4v) is 3.57. The summed E-state index contributed by atoms with van der Waals surface area (Å²) in [5.41, 5.74) is 6.29. The van der Waals surface area contributed by atoms with E-state index in [2.05, 4.69) is 36.2 Å². The van der Waals surface area contributed by atoms with Gasteiger partial charge in [-0.1, -0.05) is 30.3 Å². The first-order chi connectivity index (χ1) is 16.4. The first-order valence-corrected chi connectivity index (χ1v) is 11.2. The van der Waals surface area contributed by atoms with E-state index in [0.29, 0.717) is 25.8 Å². The lowest BCUT2D eigenvalue weighted by molar-refractivity contribution is -0.131. The molecule has 13 heteroatoms. The second-order valence-electron chi connectivity index (χ2n) is 7.77. The average Bonchev–Trinajstić information content (AvgIpc) is 2.80. The van der Waals surface area contributed by atoms with Gasteiger partial charge >= 0.3 is 0 Å². The number of anilines is 2. The number of primary amides is 1. The molecule has 0 saturated heterocycles. The molecule has 182 valence electrons. The van der Waals surface area contributed by atoms with E-state index < -0.39 is 42.5 Å². The highest BCUT2D eigenvalue weighted by atomic mass is 35.5. The summed E-state index contributed by atoms with van der Waals surface area (Å²) in [5, 5.41) is 20.7. The van der Waals surface area contributed by atoms with Gasteiger partial charge in [-0.25, -0.2) is 0 Å². The first kappa shape index (κ1) is 25.1. The van der Waals surface area contributed by atoms with Crippen LogP contribution in [0.3, 0.4) is 0 Å². The van der Waals surface area contributed by atoms with Gasteiger partial charge in [-0.2, -0.15) is 15.0 Å². The molecule has 1 aliphatic rings. The van der Waals surface area contributed by atoms with Crippen molar-refractivity contribution in [3.8, 4) is 0 Å². The zero-order valence-electron chi connectivity index (χ0n) is 18.3. The van der Waals surface area contributed by atoms with E-state index in [4.69, 9.17) is 17.3 Å². The number of nitrogens with one attached hydrogen (secondary N) is 4. The van der Waals surface area contributed by atoms with Crippen molar-refractivity contribution in [2.75, 3.05) is 23.8 Å². The van der Waals surface area contributed by atoms with Crippen LogP contribution >= 0.6 is 11.6 Å². The quantitative estimate of drug-likeness (QED) is 0.331. The third-order valence-electron chi connectivity index (χ3n) is 5.19. The topological polar surface area (TPSA) is 184 Å². The van der Waals surface area contributed by atoms with Crippen LogP contribution in [-0.4, -0.2) is 69.1 Å². The van der Waals surface area contributed by atoms with Crippen molar-refractivity contribution in [3.63, 3.8) is 0 Å². The van der Waals surface area contributed by atoms with Gasteiger partial charge in [-0.3, -0.25) is 14.4 Å². The number of carbonyl (C=O) groups is 3. The van der Waals surface area contributed by atoms with E-state index in [0.717, 1.165) is 5.56 Å². The Morgan fingerprint density at radius 3 is 2.41 bits per heavy atom. The van der Waals surface area contributed by atoms with Gasteiger partial charge in [0, 0.05) is 13.0 Å². The Kier molecular flexibility index (Phi) is 8.93. The summed E-state index contributed by atoms with van der Waals surface area (Å²) in [6, 6.07) is 5.97. The van der Waals surface area contributed by atoms with Crippen LogP contribution in [0.1, 0.15) is 24.8 Å². The van der Waals surface area contributed by atoms with Crippen molar-refractivity contribution >= 4 is 41.2 Å². The van der Waals surface area contributed by atoms with Gasteiger partial charge in [0.25, 0.3) is 0 Å². The van der Waals surface area contributed by atoms with Crippen molar-refractivity contribution in [3.05, 3.63) is 41.2 Å². The molecule has 0 spiro atoms. The summed E-state index contributed by atoms with van der Waals surface area (Å²) < 4.78 is 0. The third-order valence-corrected chi connectivity index (χ3v) is 5.36. The van der Waals surface area contributed by atoms with Crippen LogP contribution in [0.5, 0.6) is 0 Å². The minimum atomic E-state index is -1.18. The third kappa shape index (κ3) is 7.25. The molecule has 2 heterocycles. The highest BCUT2D eigenvalue weighted by molar-refractivity contribution is 6.28. The molecule has 0 saturated carbocycles. The first-order valence-electron chi connectivity index (χ1n) is 10.8. The maximum atomic E-state index is 13.1. The molecule has 3 rings (SSSR count). The normalized spacial score (nSPS) is 22.0. The lowest BCUT2D eigenvalue weighted by Crippen LogP contribution is -2.56. The second kappa shape index (κ2) is 12.1. The minimum Gasteiger partial charge on any atom is -0.394 e. The number of aromatic nitrogens is 3. The molecule has 3 amide bonds. The van der Waals surface area contributed by atoms with E-state index in [1.807, 2.05) is 30.3 Å². The number of rotatable bonds is 4. The van der Waals surface area contributed by atoms with Crippen molar-refractivity contribution in [2.45, 2.75) is 43.8 Å². The summed E-state index contributed by atoms with van der Waals surface area (Å²) in [6.45, 7) is -0.152. The van der Waals surface area contributed by atoms with Gasteiger partial charge in [-0.15, -0.1) is 0 Å².